The zero-order valence-electron chi connectivity index (χ0n) is 11.8. The Balaban J connectivity index is 1.53. The number of rotatable bonds is 2. The van der Waals surface area contributed by atoms with Crippen LogP contribution >= 0.6 is 11.6 Å². The van der Waals surface area contributed by atoms with E-state index in [4.69, 9.17) is 11.6 Å². The van der Waals surface area contributed by atoms with E-state index in [2.05, 4.69) is 10.3 Å². The number of aliphatic hydroxyl groups is 1. The second-order valence-electron chi connectivity index (χ2n) is 7.04. The van der Waals surface area contributed by atoms with E-state index in [0.717, 1.165) is 32.1 Å². The number of hydrogen-bond donors (Lipinski definition) is 2. The second kappa shape index (κ2) is 4.68. The van der Waals surface area contributed by atoms with Crippen LogP contribution in [-0.4, -0.2) is 27.6 Å². The number of halogens is 1. The van der Waals surface area contributed by atoms with Crippen molar-refractivity contribution in [2.75, 3.05) is 0 Å². The Morgan fingerprint density at radius 1 is 1.33 bits per heavy atom. The smallest absolute Gasteiger partial charge is 0.254 e. The van der Waals surface area contributed by atoms with Crippen molar-refractivity contribution in [2.24, 2.45) is 17.8 Å². The Bertz CT molecular complexity index is 575. The van der Waals surface area contributed by atoms with Gasteiger partial charge in [-0.3, -0.25) is 4.79 Å². The first-order valence-electron chi connectivity index (χ1n) is 7.68. The average Bonchev–Trinajstić information content (AvgIpc) is 2.41. The summed E-state index contributed by atoms with van der Waals surface area (Å²) in [4.78, 5) is 16.4. The molecule has 1 amide bonds. The average molecular weight is 307 g/mol. The van der Waals surface area contributed by atoms with Crippen LogP contribution in [0.5, 0.6) is 0 Å². The van der Waals surface area contributed by atoms with Gasteiger partial charge in [0.15, 0.2) is 0 Å². The molecular weight excluding hydrogens is 288 g/mol. The molecule has 1 heterocycles. The maximum atomic E-state index is 12.4. The van der Waals surface area contributed by atoms with Crippen molar-refractivity contribution >= 4 is 17.5 Å². The maximum absolute atomic E-state index is 12.4. The van der Waals surface area contributed by atoms with Crippen molar-refractivity contribution in [1.82, 2.24) is 10.3 Å². The third-order valence-electron chi connectivity index (χ3n) is 5.54. The zero-order valence-corrected chi connectivity index (χ0v) is 12.5. The normalized spacial score (nSPS) is 40.3. The van der Waals surface area contributed by atoms with E-state index in [1.54, 1.807) is 18.3 Å². The summed E-state index contributed by atoms with van der Waals surface area (Å²) < 4.78 is 0. The molecule has 0 aliphatic heterocycles. The topological polar surface area (TPSA) is 62.2 Å². The van der Waals surface area contributed by atoms with E-state index in [0.29, 0.717) is 23.3 Å². The molecule has 1 aromatic rings. The van der Waals surface area contributed by atoms with Crippen molar-refractivity contribution < 1.29 is 9.90 Å². The van der Waals surface area contributed by atoms with E-state index in [-0.39, 0.29) is 17.1 Å². The standard InChI is InChI=1S/C16H19ClN2O2/c17-14-12(2-1-3-18-14)15(20)19-13-10-4-9-5-11(13)8-16(21,6-9)7-10/h1-3,9-11,13,21H,4-8H2,(H,19,20). The SMILES string of the molecule is O=C(NC1C2CC3CC1CC(O)(C3)C2)c1cccnc1Cl. The minimum atomic E-state index is -0.469. The lowest BCUT2D eigenvalue weighted by Gasteiger charge is -2.58. The van der Waals surface area contributed by atoms with E-state index >= 15 is 0 Å². The summed E-state index contributed by atoms with van der Waals surface area (Å²) in [6.07, 6.45) is 6.44. The van der Waals surface area contributed by atoms with Crippen LogP contribution in [0.4, 0.5) is 0 Å². The van der Waals surface area contributed by atoms with Crippen molar-refractivity contribution in [3.8, 4) is 0 Å². The van der Waals surface area contributed by atoms with Gasteiger partial charge in [-0.2, -0.15) is 0 Å². The number of hydrogen-bond acceptors (Lipinski definition) is 3. The fourth-order valence-electron chi connectivity index (χ4n) is 5.00. The van der Waals surface area contributed by atoms with E-state index in [9.17, 15) is 9.90 Å². The molecular formula is C16H19ClN2O2. The van der Waals surface area contributed by atoms with Crippen LogP contribution in [0.25, 0.3) is 0 Å². The number of nitrogens with one attached hydrogen (secondary N) is 1. The molecule has 2 unspecified atom stereocenters. The molecule has 0 spiro atoms. The first-order chi connectivity index (χ1) is 10.0. The summed E-state index contributed by atoms with van der Waals surface area (Å²) in [6, 6.07) is 3.60. The summed E-state index contributed by atoms with van der Waals surface area (Å²) in [7, 11) is 0. The Morgan fingerprint density at radius 3 is 2.67 bits per heavy atom. The number of carbonyl (C=O) groups is 1. The molecule has 5 heteroatoms. The number of aromatic nitrogens is 1. The molecule has 4 aliphatic rings. The first-order valence-corrected chi connectivity index (χ1v) is 8.06. The van der Waals surface area contributed by atoms with Crippen LogP contribution in [0.3, 0.4) is 0 Å². The molecule has 4 nitrogen and oxygen atoms in total. The second-order valence-corrected chi connectivity index (χ2v) is 7.39. The predicted molar refractivity (Wildman–Crippen MR) is 79.0 cm³/mol. The molecule has 4 fully saturated rings. The number of nitrogens with zero attached hydrogens (tertiary/aromatic N) is 1. The van der Waals surface area contributed by atoms with Gasteiger partial charge in [0.25, 0.3) is 5.91 Å². The largest absolute Gasteiger partial charge is 0.390 e. The Morgan fingerprint density at radius 2 is 2.05 bits per heavy atom. The fourth-order valence-corrected chi connectivity index (χ4v) is 5.21. The van der Waals surface area contributed by atoms with Gasteiger partial charge in [-0.05, 0) is 62.0 Å². The summed E-state index contributed by atoms with van der Waals surface area (Å²) in [5.74, 6) is 1.31. The molecule has 0 aromatic carbocycles. The first kappa shape index (κ1) is 13.5. The van der Waals surface area contributed by atoms with Gasteiger partial charge in [-0.25, -0.2) is 4.98 Å². The lowest BCUT2D eigenvalue weighted by molar-refractivity contribution is -0.136. The Labute approximate surface area is 128 Å². The van der Waals surface area contributed by atoms with Crippen molar-refractivity contribution in [2.45, 2.75) is 43.7 Å². The molecule has 5 rings (SSSR count). The van der Waals surface area contributed by atoms with Crippen molar-refractivity contribution in [1.29, 1.82) is 0 Å². The highest BCUT2D eigenvalue weighted by molar-refractivity contribution is 6.32. The zero-order chi connectivity index (χ0) is 14.6. The predicted octanol–water partition coefficient (Wildman–Crippen LogP) is 2.40. The highest BCUT2D eigenvalue weighted by Crippen LogP contribution is 2.55. The molecule has 2 N–H and O–H groups in total. The highest BCUT2D eigenvalue weighted by atomic mass is 35.5. The molecule has 4 saturated carbocycles. The van der Waals surface area contributed by atoms with Gasteiger partial charge in [0.1, 0.15) is 5.15 Å². The van der Waals surface area contributed by atoms with Gasteiger partial charge < -0.3 is 10.4 Å². The Hall–Kier alpha value is -1.13. The maximum Gasteiger partial charge on any atom is 0.254 e. The molecule has 2 atom stereocenters. The lowest BCUT2D eigenvalue weighted by Crippen LogP contribution is -2.61. The highest BCUT2D eigenvalue weighted by Gasteiger charge is 2.55. The van der Waals surface area contributed by atoms with Gasteiger partial charge >= 0.3 is 0 Å². The van der Waals surface area contributed by atoms with Gasteiger partial charge in [0.05, 0.1) is 11.2 Å². The van der Waals surface area contributed by atoms with Crippen molar-refractivity contribution in [3.63, 3.8) is 0 Å². The van der Waals surface area contributed by atoms with Crippen LogP contribution in [0.1, 0.15) is 42.5 Å². The molecule has 4 aliphatic carbocycles. The Kier molecular flexibility index (Phi) is 3.02. The van der Waals surface area contributed by atoms with Gasteiger partial charge in [-0.15, -0.1) is 0 Å². The van der Waals surface area contributed by atoms with Crippen LogP contribution in [0, 0.1) is 17.8 Å². The minimum Gasteiger partial charge on any atom is -0.390 e. The van der Waals surface area contributed by atoms with Crippen molar-refractivity contribution in [3.05, 3.63) is 29.0 Å². The molecule has 112 valence electrons. The monoisotopic (exact) mass is 306 g/mol. The summed E-state index contributed by atoms with van der Waals surface area (Å²) >= 11 is 6.00. The van der Waals surface area contributed by atoms with E-state index < -0.39 is 5.60 Å². The third kappa shape index (κ3) is 2.25. The quantitative estimate of drug-likeness (QED) is 0.825. The van der Waals surface area contributed by atoms with E-state index in [1.165, 1.54) is 0 Å². The number of amides is 1. The number of carbonyl (C=O) groups excluding carboxylic acids is 1. The molecule has 4 bridgehead atoms. The molecule has 0 radical (unpaired) electrons. The molecule has 1 aromatic heterocycles. The van der Waals surface area contributed by atoms with Gasteiger partial charge in [0, 0.05) is 12.2 Å². The summed E-state index contributed by atoms with van der Waals surface area (Å²) in [6.45, 7) is 0. The fraction of sp³-hybridized carbons (Fsp3) is 0.625. The third-order valence-corrected chi connectivity index (χ3v) is 5.84. The summed E-state index contributed by atoms with van der Waals surface area (Å²) in [5.41, 5.74) is -0.0318. The van der Waals surface area contributed by atoms with Gasteiger partial charge in [-0.1, -0.05) is 11.6 Å². The molecule has 0 saturated heterocycles. The van der Waals surface area contributed by atoms with Crippen LogP contribution < -0.4 is 5.32 Å². The van der Waals surface area contributed by atoms with Crippen LogP contribution in [-0.2, 0) is 0 Å². The van der Waals surface area contributed by atoms with E-state index in [1.807, 2.05) is 0 Å². The molecule has 21 heavy (non-hydrogen) atoms. The lowest BCUT2D eigenvalue weighted by atomic mass is 9.52. The number of pyridine rings is 1. The van der Waals surface area contributed by atoms with Gasteiger partial charge in [0.2, 0.25) is 0 Å². The van der Waals surface area contributed by atoms with Crippen LogP contribution in [0.2, 0.25) is 5.15 Å². The summed E-state index contributed by atoms with van der Waals surface area (Å²) in [5, 5.41) is 14.0. The van der Waals surface area contributed by atoms with Crippen LogP contribution in [0.15, 0.2) is 18.3 Å². The minimum absolute atomic E-state index is 0.141.